The van der Waals surface area contributed by atoms with Crippen LogP contribution in [-0.4, -0.2) is 15.5 Å². The quantitative estimate of drug-likeness (QED) is 0.567. The van der Waals surface area contributed by atoms with Crippen LogP contribution in [0.4, 0.5) is 5.69 Å². The highest BCUT2D eigenvalue weighted by atomic mass is 16.1. The number of nitrogens with zero attached hydrogens (tertiary/aromatic N) is 2. The van der Waals surface area contributed by atoms with Gasteiger partial charge in [0.05, 0.1) is 0 Å². The van der Waals surface area contributed by atoms with Gasteiger partial charge in [0.1, 0.15) is 0 Å². The fourth-order valence-corrected chi connectivity index (χ4v) is 3.48. The average Bonchev–Trinajstić information content (AvgIpc) is 3.00. The molecule has 0 aliphatic carbocycles. The van der Waals surface area contributed by atoms with Crippen LogP contribution in [0.15, 0.2) is 66.9 Å². The maximum Gasteiger partial charge on any atom is 0.224 e. The van der Waals surface area contributed by atoms with E-state index in [1.54, 1.807) is 6.20 Å². The number of hydrogen-bond acceptors (Lipinski definition) is 2. The minimum atomic E-state index is 0.00855. The Hall–Kier alpha value is -3.14. The van der Waals surface area contributed by atoms with E-state index >= 15 is 0 Å². The third kappa shape index (κ3) is 3.06. The highest BCUT2D eigenvalue weighted by Gasteiger charge is 2.11. The maximum atomic E-state index is 12.3. The van der Waals surface area contributed by atoms with Gasteiger partial charge in [-0.25, -0.2) is 0 Å². The van der Waals surface area contributed by atoms with E-state index in [0.717, 1.165) is 17.9 Å². The van der Waals surface area contributed by atoms with Gasteiger partial charge < -0.3 is 9.88 Å². The van der Waals surface area contributed by atoms with E-state index in [1.165, 1.54) is 21.8 Å². The first-order valence-corrected chi connectivity index (χ1v) is 8.97. The lowest BCUT2D eigenvalue weighted by atomic mass is 10.1. The molecule has 0 fully saturated rings. The minimum absolute atomic E-state index is 0.00855. The number of rotatable bonds is 5. The molecule has 0 aliphatic heterocycles. The van der Waals surface area contributed by atoms with Gasteiger partial charge in [0.2, 0.25) is 5.91 Å². The second kappa shape index (κ2) is 7.00. The smallest absolute Gasteiger partial charge is 0.224 e. The number of nitrogens with one attached hydrogen (secondary N) is 1. The van der Waals surface area contributed by atoms with Gasteiger partial charge >= 0.3 is 0 Å². The molecule has 1 N–H and O–H groups in total. The number of benzene rings is 2. The summed E-state index contributed by atoms with van der Waals surface area (Å²) in [5.41, 5.74) is 4.19. The second-order valence-electron chi connectivity index (χ2n) is 6.36. The number of aryl methyl sites for hydroxylation is 2. The van der Waals surface area contributed by atoms with Crippen molar-refractivity contribution < 1.29 is 4.79 Å². The number of carbonyl (C=O) groups is 1. The average molecular weight is 343 g/mol. The number of pyridine rings is 1. The van der Waals surface area contributed by atoms with Crippen molar-refractivity contribution in [1.29, 1.82) is 0 Å². The molecule has 2 aromatic carbocycles. The fraction of sp³-hybridized carbons (Fsp3) is 0.182. The summed E-state index contributed by atoms with van der Waals surface area (Å²) in [4.78, 5) is 16.6. The second-order valence-corrected chi connectivity index (χ2v) is 6.36. The van der Waals surface area contributed by atoms with E-state index in [0.29, 0.717) is 12.8 Å². The van der Waals surface area contributed by atoms with Crippen LogP contribution in [0.2, 0.25) is 0 Å². The third-order valence-corrected chi connectivity index (χ3v) is 4.71. The molecule has 4 nitrogen and oxygen atoms in total. The summed E-state index contributed by atoms with van der Waals surface area (Å²) < 4.78 is 2.30. The van der Waals surface area contributed by atoms with Crippen LogP contribution < -0.4 is 5.32 Å². The molecule has 2 aromatic heterocycles. The van der Waals surface area contributed by atoms with Crippen molar-refractivity contribution in [2.75, 3.05) is 5.32 Å². The molecular weight excluding hydrogens is 322 g/mol. The Balaban J connectivity index is 1.57. The number of anilines is 1. The predicted octanol–water partition coefficient (Wildman–Crippen LogP) is 4.78. The molecule has 4 aromatic rings. The zero-order chi connectivity index (χ0) is 17.9. The zero-order valence-electron chi connectivity index (χ0n) is 14.8. The number of aromatic nitrogens is 2. The molecule has 130 valence electrons. The van der Waals surface area contributed by atoms with E-state index in [9.17, 15) is 4.79 Å². The molecule has 0 unspecified atom stereocenters. The summed E-state index contributed by atoms with van der Waals surface area (Å²) in [6.45, 7) is 3.07. The molecule has 0 aliphatic rings. The van der Waals surface area contributed by atoms with Crippen molar-refractivity contribution in [1.82, 2.24) is 9.55 Å². The molecule has 1 amide bonds. The number of carbonyl (C=O) groups excluding carboxylic acids is 1. The van der Waals surface area contributed by atoms with Gasteiger partial charge in [0.25, 0.3) is 0 Å². The highest BCUT2D eigenvalue weighted by Crippen LogP contribution is 2.31. The van der Waals surface area contributed by atoms with Crippen LogP contribution in [0.25, 0.3) is 21.8 Å². The van der Waals surface area contributed by atoms with Gasteiger partial charge in [-0.05, 0) is 49.7 Å². The molecule has 26 heavy (non-hydrogen) atoms. The molecule has 0 atom stereocenters. The molecule has 4 heteroatoms. The van der Waals surface area contributed by atoms with Crippen molar-refractivity contribution in [2.45, 2.75) is 26.3 Å². The normalized spacial score (nSPS) is 11.1. The molecular formula is C22H21N3O. The molecule has 0 bridgehead atoms. The number of para-hydroxylation sites is 1. The Morgan fingerprint density at radius 2 is 1.81 bits per heavy atom. The molecule has 0 saturated heterocycles. The summed E-state index contributed by atoms with van der Waals surface area (Å²) in [6.07, 6.45) is 2.82. The summed E-state index contributed by atoms with van der Waals surface area (Å²) in [5.74, 6) is 0.00855. The van der Waals surface area contributed by atoms with Gasteiger partial charge in [0, 0.05) is 52.3 Å². The standard InChI is InChI=1S/C22H21N3O/c1-2-25-20-9-4-3-8-18(20)19-15-17(10-12-21(19)25)24-22(26)13-11-16-7-5-6-14-23-16/h3-10,12,14-15H,2,11,13H2,1H3,(H,24,26). The molecule has 0 spiro atoms. The Kier molecular flexibility index (Phi) is 4.40. The zero-order valence-corrected chi connectivity index (χ0v) is 14.8. The number of amides is 1. The van der Waals surface area contributed by atoms with Crippen molar-refractivity contribution in [3.05, 3.63) is 72.6 Å². The largest absolute Gasteiger partial charge is 0.341 e. The topological polar surface area (TPSA) is 46.9 Å². The van der Waals surface area contributed by atoms with Crippen molar-refractivity contribution in [3.63, 3.8) is 0 Å². The Bertz CT molecular complexity index is 1070. The summed E-state index contributed by atoms with van der Waals surface area (Å²) >= 11 is 0. The Labute approximate surface area is 152 Å². The van der Waals surface area contributed by atoms with Crippen LogP contribution in [-0.2, 0) is 17.8 Å². The SMILES string of the molecule is CCn1c2ccccc2c2cc(NC(=O)CCc3ccccn3)ccc21. The Morgan fingerprint density at radius 3 is 2.62 bits per heavy atom. The molecule has 4 rings (SSSR count). The van der Waals surface area contributed by atoms with Crippen LogP contribution in [0.3, 0.4) is 0 Å². The van der Waals surface area contributed by atoms with E-state index in [1.807, 2.05) is 24.3 Å². The monoisotopic (exact) mass is 343 g/mol. The fourth-order valence-electron chi connectivity index (χ4n) is 3.48. The molecule has 0 radical (unpaired) electrons. The van der Waals surface area contributed by atoms with Crippen molar-refractivity contribution in [2.24, 2.45) is 0 Å². The van der Waals surface area contributed by atoms with Crippen molar-refractivity contribution in [3.8, 4) is 0 Å². The van der Waals surface area contributed by atoms with E-state index in [4.69, 9.17) is 0 Å². The summed E-state index contributed by atoms with van der Waals surface area (Å²) in [5, 5.41) is 5.41. The van der Waals surface area contributed by atoms with Gasteiger partial charge in [-0.3, -0.25) is 9.78 Å². The van der Waals surface area contributed by atoms with Crippen molar-refractivity contribution >= 4 is 33.4 Å². The highest BCUT2D eigenvalue weighted by molar-refractivity contribution is 6.09. The minimum Gasteiger partial charge on any atom is -0.341 e. The van der Waals surface area contributed by atoms with Crippen LogP contribution in [0.5, 0.6) is 0 Å². The predicted molar refractivity (Wildman–Crippen MR) is 106 cm³/mol. The lowest BCUT2D eigenvalue weighted by molar-refractivity contribution is -0.116. The first-order valence-electron chi connectivity index (χ1n) is 8.97. The van der Waals surface area contributed by atoms with Gasteiger partial charge in [-0.1, -0.05) is 24.3 Å². The first-order chi connectivity index (χ1) is 12.8. The lowest BCUT2D eigenvalue weighted by Crippen LogP contribution is -2.12. The van der Waals surface area contributed by atoms with E-state index < -0.39 is 0 Å². The van der Waals surface area contributed by atoms with Gasteiger partial charge in [0.15, 0.2) is 0 Å². The van der Waals surface area contributed by atoms with Gasteiger partial charge in [-0.2, -0.15) is 0 Å². The lowest BCUT2D eigenvalue weighted by Gasteiger charge is -2.07. The number of hydrogen-bond donors (Lipinski definition) is 1. The van der Waals surface area contributed by atoms with E-state index in [-0.39, 0.29) is 5.91 Å². The first kappa shape index (κ1) is 16.3. The van der Waals surface area contributed by atoms with Crippen LogP contribution in [0, 0.1) is 0 Å². The Morgan fingerprint density at radius 1 is 1.00 bits per heavy atom. The van der Waals surface area contributed by atoms with E-state index in [2.05, 4.69) is 58.2 Å². The number of fused-ring (bicyclic) bond motifs is 3. The molecule has 0 saturated carbocycles. The van der Waals surface area contributed by atoms with Crippen LogP contribution >= 0.6 is 0 Å². The van der Waals surface area contributed by atoms with Gasteiger partial charge in [-0.15, -0.1) is 0 Å². The maximum absolute atomic E-state index is 12.3. The third-order valence-electron chi connectivity index (χ3n) is 4.71. The summed E-state index contributed by atoms with van der Waals surface area (Å²) in [7, 11) is 0. The molecule has 2 heterocycles. The van der Waals surface area contributed by atoms with Crippen LogP contribution in [0.1, 0.15) is 19.0 Å². The summed E-state index contributed by atoms with van der Waals surface area (Å²) in [6, 6.07) is 20.3.